The predicted octanol–water partition coefficient (Wildman–Crippen LogP) is 4.09. The molecule has 150 valence electrons. The smallest absolute Gasteiger partial charge is 0.243 e. The van der Waals surface area contributed by atoms with E-state index in [2.05, 4.69) is 5.32 Å². The molecule has 0 aromatic heterocycles. The van der Waals surface area contributed by atoms with Crippen LogP contribution in [-0.2, 0) is 22.6 Å². The van der Waals surface area contributed by atoms with Gasteiger partial charge in [-0.05, 0) is 37.0 Å². The molecule has 0 fully saturated rings. The van der Waals surface area contributed by atoms with E-state index in [0.717, 1.165) is 12.0 Å². The second kappa shape index (κ2) is 10.6. The molecule has 2 aromatic rings. The summed E-state index contributed by atoms with van der Waals surface area (Å²) in [5, 5.41) is 2.97. The summed E-state index contributed by atoms with van der Waals surface area (Å²) in [4.78, 5) is 27.5. The largest absolute Gasteiger partial charge is 0.352 e. The monoisotopic (exact) mass is 384 g/mol. The molecule has 2 atom stereocenters. The molecule has 0 radical (unpaired) electrons. The molecule has 0 heterocycles. The fourth-order valence-electron chi connectivity index (χ4n) is 3.05. The zero-order valence-corrected chi connectivity index (χ0v) is 16.8. The lowest BCUT2D eigenvalue weighted by molar-refractivity contribution is -0.141. The average Bonchev–Trinajstić information content (AvgIpc) is 2.70. The molecule has 0 saturated carbocycles. The van der Waals surface area contributed by atoms with Crippen molar-refractivity contribution >= 4 is 11.8 Å². The van der Waals surface area contributed by atoms with Gasteiger partial charge in [0, 0.05) is 12.6 Å². The molecule has 0 aliphatic carbocycles. The Morgan fingerprint density at radius 1 is 1.00 bits per heavy atom. The Bertz CT molecular complexity index is 779. The number of carbonyl (C=O) groups excluding carboxylic acids is 2. The van der Waals surface area contributed by atoms with Crippen molar-refractivity contribution in [3.63, 3.8) is 0 Å². The minimum absolute atomic E-state index is 0.0294. The molecule has 0 bridgehead atoms. The molecule has 4 nitrogen and oxygen atoms in total. The highest BCUT2D eigenvalue weighted by atomic mass is 19.1. The first-order valence-corrected chi connectivity index (χ1v) is 9.83. The maximum absolute atomic E-state index is 14.0. The van der Waals surface area contributed by atoms with Gasteiger partial charge in [-0.25, -0.2) is 4.39 Å². The van der Waals surface area contributed by atoms with Gasteiger partial charge in [0.1, 0.15) is 11.9 Å². The molecule has 5 heteroatoms. The van der Waals surface area contributed by atoms with Crippen molar-refractivity contribution in [1.29, 1.82) is 0 Å². The number of carbonyl (C=O) groups is 2. The van der Waals surface area contributed by atoms with Crippen molar-refractivity contribution < 1.29 is 14.0 Å². The highest BCUT2D eigenvalue weighted by Crippen LogP contribution is 2.16. The number of hydrogen-bond donors (Lipinski definition) is 1. The predicted molar refractivity (Wildman–Crippen MR) is 109 cm³/mol. The third-order valence-electron chi connectivity index (χ3n) is 4.88. The Kier molecular flexibility index (Phi) is 8.18. The molecule has 2 unspecified atom stereocenters. The van der Waals surface area contributed by atoms with E-state index in [1.54, 1.807) is 23.1 Å². The first-order valence-electron chi connectivity index (χ1n) is 9.83. The normalized spacial score (nSPS) is 12.9. The fourth-order valence-corrected chi connectivity index (χ4v) is 3.05. The van der Waals surface area contributed by atoms with E-state index in [-0.39, 0.29) is 24.3 Å². The third-order valence-corrected chi connectivity index (χ3v) is 4.88. The van der Waals surface area contributed by atoms with Crippen molar-refractivity contribution in [2.45, 2.75) is 58.7 Å². The molecule has 2 amide bonds. The van der Waals surface area contributed by atoms with Gasteiger partial charge >= 0.3 is 0 Å². The van der Waals surface area contributed by atoms with Gasteiger partial charge in [0.15, 0.2) is 0 Å². The number of amides is 2. The minimum Gasteiger partial charge on any atom is -0.352 e. The second-order valence-corrected chi connectivity index (χ2v) is 7.02. The maximum atomic E-state index is 14.0. The van der Waals surface area contributed by atoms with E-state index in [1.807, 2.05) is 51.1 Å². The molecule has 0 aliphatic rings. The van der Waals surface area contributed by atoms with E-state index in [9.17, 15) is 14.0 Å². The lowest BCUT2D eigenvalue weighted by Gasteiger charge is -2.31. The molecule has 0 aliphatic heterocycles. The summed E-state index contributed by atoms with van der Waals surface area (Å²) in [7, 11) is 0. The Labute approximate surface area is 166 Å². The first kappa shape index (κ1) is 21.6. The van der Waals surface area contributed by atoms with Gasteiger partial charge in [-0.3, -0.25) is 9.59 Å². The van der Waals surface area contributed by atoms with Crippen molar-refractivity contribution in [1.82, 2.24) is 10.2 Å². The summed E-state index contributed by atoms with van der Waals surface area (Å²) in [6.45, 7) is 6.13. The van der Waals surface area contributed by atoms with E-state index < -0.39 is 11.9 Å². The van der Waals surface area contributed by atoms with Crippen LogP contribution in [0.5, 0.6) is 0 Å². The first-order chi connectivity index (χ1) is 13.5. The molecule has 0 saturated heterocycles. The van der Waals surface area contributed by atoms with Crippen molar-refractivity contribution in [2.24, 2.45) is 0 Å². The summed E-state index contributed by atoms with van der Waals surface area (Å²) in [6, 6.07) is 15.2. The van der Waals surface area contributed by atoms with Crippen molar-refractivity contribution in [3.05, 3.63) is 71.5 Å². The standard InChI is InChI=1S/C23H29FN2O2/c1-4-17(3)25-23(28)21(5-2)26(16-18-11-7-6-8-12-18)22(27)15-19-13-9-10-14-20(19)24/h6-14,17,21H,4-5,15-16H2,1-3H3,(H,25,28). The van der Waals surface area contributed by atoms with Crippen LogP contribution >= 0.6 is 0 Å². The summed E-state index contributed by atoms with van der Waals surface area (Å²) in [5.74, 6) is -0.845. The molecular formula is C23H29FN2O2. The lowest BCUT2D eigenvalue weighted by Crippen LogP contribution is -2.51. The number of nitrogens with zero attached hydrogens (tertiary/aromatic N) is 1. The molecule has 2 aromatic carbocycles. The van der Waals surface area contributed by atoms with Crippen LogP contribution in [0.15, 0.2) is 54.6 Å². The zero-order valence-electron chi connectivity index (χ0n) is 16.8. The summed E-state index contributed by atoms with van der Waals surface area (Å²) < 4.78 is 14.0. The number of rotatable bonds is 9. The van der Waals surface area contributed by atoms with E-state index in [4.69, 9.17) is 0 Å². The third kappa shape index (κ3) is 5.91. The number of halogens is 1. The Morgan fingerprint density at radius 2 is 1.64 bits per heavy atom. The lowest BCUT2D eigenvalue weighted by atomic mass is 10.1. The summed E-state index contributed by atoms with van der Waals surface area (Å²) >= 11 is 0. The molecule has 1 N–H and O–H groups in total. The quantitative estimate of drug-likeness (QED) is 0.708. The van der Waals surface area contributed by atoms with Gasteiger partial charge in [0.05, 0.1) is 6.42 Å². The number of hydrogen-bond acceptors (Lipinski definition) is 2. The van der Waals surface area contributed by atoms with E-state index in [0.29, 0.717) is 18.5 Å². The van der Waals surface area contributed by atoms with Crippen LogP contribution in [-0.4, -0.2) is 28.8 Å². The van der Waals surface area contributed by atoms with Gasteiger partial charge in [-0.2, -0.15) is 0 Å². The number of benzene rings is 2. The van der Waals surface area contributed by atoms with Crippen LogP contribution in [0, 0.1) is 5.82 Å². The average molecular weight is 384 g/mol. The summed E-state index contributed by atoms with van der Waals surface area (Å²) in [5.41, 5.74) is 1.27. The molecule has 0 spiro atoms. The summed E-state index contributed by atoms with van der Waals surface area (Å²) in [6.07, 6.45) is 1.22. The Balaban J connectivity index is 2.27. The SMILES string of the molecule is CCC(C)NC(=O)C(CC)N(Cc1ccccc1)C(=O)Cc1ccccc1F. The van der Waals surface area contributed by atoms with E-state index in [1.165, 1.54) is 6.07 Å². The zero-order chi connectivity index (χ0) is 20.5. The highest BCUT2D eigenvalue weighted by Gasteiger charge is 2.29. The van der Waals surface area contributed by atoms with E-state index >= 15 is 0 Å². The van der Waals surface area contributed by atoms with Crippen LogP contribution in [0.25, 0.3) is 0 Å². The molecule has 2 rings (SSSR count). The topological polar surface area (TPSA) is 49.4 Å². The Morgan fingerprint density at radius 3 is 2.25 bits per heavy atom. The van der Waals surface area contributed by atoms with Crippen LogP contribution < -0.4 is 5.32 Å². The van der Waals surface area contributed by atoms with Gasteiger partial charge < -0.3 is 10.2 Å². The van der Waals surface area contributed by atoms with Crippen molar-refractivity contribution in [2.75, 3.05) is 0 Å². The minimum atomic E-state index is -0.603. The fraction of sp³-hybridized carbons (Fsp3) is 0.391. The van der Waals surface area contributed by atoms with Gasteiger partial charge in [0.25, 0.3) is 0 Å². The van der Waals surface area contributed by atoms with Gasteiger partial charge in [0.2, 0.25) is 11.8 Å². The van der Waals surface area contributed by atoms with Crippen molar-refractivity contribution in [3.8, 4) is 0 Å². The highest BCUT2D eigenvalue weighted by molar-refractivity contribution is 5.88. The number of nitrogens with one attached hydrogen (secondary N) is 1. The maximum Gasteiger partial charge on any atom is 0.243 e. The molecular weight excluding hydrogens is 355 g/mol. The van der Waals surface area contributed by atoms with Crippen LogP contribution in [0.1, 0.15) is 44.7 Å². The Hall–Kier alpha value is -2.69. The van der Waals surface area contributed by atoms with Crippen LogP contribution in [0.3, 0.4) is 0 Å². The van der Waals surface area contributed by atoms with Crippen LogP contribution in [0.4, 0.5) is 4.39 Å². The molecule has 28 heavy (non-hydrogen) atoms. The van der Waals surface area contributed by atoms with Gasteiger partial charge in [-0.1, -0.05) is 62.4 Å². The second-order valence-electron chi connectivity index (χ2n) is 7.02. The van der Waals surface area contributed by atoms with Crippen LogP contribution in [0.2, 0.25) is 0 Å². The van der Waals surface area contributed by atoms with Gasteiger partial charge in [-0.15, -0.1) is 0 Å².